The summed E-state index contributed by atoms with van der Waals surface area (Å²) in [6.07, 6.45) is 2.90. The van der Waals surface area contributed by atoms with E-state index >= 15 is 0 Å². The maximum absolute atomic E-state index is 13.2. The highest BCUT2D eigenvalue weighted by molar-refractivity contribution is 8.76. The molecule has 0 saturated heterocycles. The van der Waals surface area contributed by atoms with E-state index in [9.17, 15) is 14.4 Å². The largest absolute Gasteiger partial charge is 0.462 e. The summed E-state index contributed by atoms with van der Waals surface area (Å²) in [6, 6.07) is 9.73. The van der Waals surface area contributed by atoms with Crippen molar-refractivity contribution in [1.82, 2.24) is 10.6 Å². The van der Waals surface area contributed by atoms with Gasteiger partial charge in [0.05, 0.1) is 24.3 Å². The number of benzene rings is 1. The first kappa shape index (κ1) is 30.7. The number of ether oxygens (including phenoxy) is 2. The highest BCUT2D eigenvalue weighted by atomic mass is 33.1. The fraction of sp³-hybridized carbons (Fsp3) is 0.625. The Hall–Kier alpha value is -1.36. The minimum Gasteiger partial charge on any atom is -0.462 e. The Morgan fingerprint density at radius 1 is 1.06 bits per heavy atom. The zero-order valence-electron chi connectivity index (χ0n) is 20.5. The molecule has 0 aromatic heterocycles. The summed E-state index contributed by atoms with van der Waals surface area (Å²) in [5.41, 5.74) is 1.02. The van der Waals surface area contributed by atoms with Gasteiger partial charge in [0.1, 0.15) is 0 Å². The molecule has 7 nitrogen and oxygen atoms in total. The molecule has 0 saturated carbocycles. The van der Waals surface area contributed by atoms with Crippen molar-refractivity contribution in [2.45, 2.75) is 46.3 Å². The normalized spacial score (nSPS) is 12.7. The Bertz CT molecular complexity index is 722. The van der Waals surface area contributed by atoms with E-state index in [2.05, 4.69) is 16.9 Å². The van der Waals surface area contributed by atoms with Crippen molar-refractivity contribution >= 4 is 51.2 Å². The summed E-state index contributed by atoms with van der Waals surface area (Å²) < 4.78 is 10.4. The van der Waals surface area contributed by atoms with Crippen LogP contribution < -0.4 is 10.6 Å². The molecule has 0 spiro atoms. The zero-order valence-corrected chi connectivity index (χ0v) is 23.0. The predicted octanol–water partition coefficient (Wildman–Crippen LogP) is 4.12. The summed E-state index contributed by atoms with van der Waals surface area (Å²) in [5.74, 6) is -0.0593. The van der Waals surface area contributed by atoms with Crippen LogP contribution in [0, 0.1) is 11.8 Å². The third-order valence-electron chi connectivity index (χ3n) is 4.55. The molecule has 10 heteroatoms. The highest BCUT2D eigenvalue weighted by Crippen LogP contribution is 2.25. The molecule has 0 radical (unpaired) electrons. The molecule has 1 aromatic rings. The van der Waals surface area contributed by atoms with Crippen LogP contribution in [0.4, 0.5) is 0 Å². The lowest BCUT2D eigenvalue weighted by atomic mass is 10.0. The second-order valence-electron chi connectivity index (χ2n) is 7.93. The lowest BCUT2D eigenvalue weighted by molar-refractivity contribution is -0.173. The Labute approximate surface area is 216 Å². The van der Waals surface area contributed by atoms with E-state index < -0.39 is 30.0 Å². The van der Waals surface area contributed by atoms with Gasteiger partial charge in [0.25, 0.3) is 6.23 Å². The van der Waals surface area contributed by atoms with Gasteiger partial charge >= 0.3 is 11.9 Å². The van der Waals surface area contributed by atoms with E-state index in [1.54, 1.807) is 35.4 Å². The average Bonchev–Trinajstić information content (AvgIpc) is 2.83. The number of nitrogens with one attached hydrogen (secondary N) is 2. The monoisotopic (exact) mass is 530 g/mol. The van der Waals surface area contributed by atoms with E-state index in [1.165, 1.54) is 0 Å². The molecule has 0 bridgehead atoms. The number of esters is 2. The van der Waals surface area contributed by atoms with Gasteiger partial charge in [0.2, 0.25) is 5.91 Å². The van der Waals surface area contributed by atoms with Gasteiger partial charge in [0.15, 0.2) is 0 Å². The number of carbonyl (C=O) groups excluding carboxylic acids is 3. The standard InChI is InChI=1S/C24H38N2O5S3/c1-5-13-30-24(29)22(31-23(28)18(2)3)26-21(27)20(15-19-10-7-6-8-11-19)16-33-34-17-25-12-9-14-32-4/h6-8,10-11,18,20,22,25H,5,9,12-17H2,1-4H3,(H,26,27). The maximum atomic E-state index is 13.2. The van der Waals surface area contributed by atoms with E-state index in [0.29, 0.717) is 18.6 Å². The van der Waals surface area contributed by atoms with E-state index in [-0.39, 0.29) is 12.5 Å². The molecule has 1 aromatic carbocycles. The Kier molecular flexibility index (Phi) is 17.1. The average molecular weight is 531 g/mol. The highest BCUT2D eigenvalue weighted by Gasteiger charge is 2.30. The van der Waals surface area contributed by atoms with Crippen molar-refractivity contribution < 1.29 is 23.9 Å². The van der Waals surface area contributed by atoms with E-state index in [0.717, 1.165) is 30.2 Å². The predicted molar refractivity (Wildman–Crippen MR) is 144 cm³/mol. The fourth-order valence-electron chi connectivity index (χ4n) is 2.67. The Morgan fingerprint density at radius 3 is 2.44 bits per heavy atom. The van der Waals surface area contributed by atoms with Crippen molar-refractivity contribution in [3.8, 4) is 0 Å². The number of amides is 1. The van der Waals surface area contributed by atoms with Crippen LogP contribution in [0.2, 0.25) is 0 Å². The topological polar surface area (TPSA) is 93.7 Å². The third-order valence-corrected chi connectivity index (χ3v) is 7.54. The molecule has 0 aliphatic heterocycles. The molecule has 0 heterocycles. The van der Waals surface area contributed by atoms with Crippen molar-refractivity contribution in [2.24, 2.45) is 11.8 Å². The van der Waals surface area contributed by atoms with Crippen molar-refractivity contribution in [2.75, 3.05) is 36.8 Å². The molecular weight excluding hydrogens is 492 g/mol. The van der Waals surface area contributed by atoms with Gasteiger partial charge in [-0.05, 0) is 43.4 Å². The third kappa shape index (κ3) is 13.5. The smallest absolute Gasteiger partial charge is 0.369 e. The van der Waals surface area contributed by atoms with Crippen LogP contribution in [0.15, 0.2) is 30.3 Å². The van der Waals surface area contributed by atoms with Gasteiger partial charge in [0, 0.05) is 5.75 Å². The number of hydrogen-bond acceptors (Lipinski definition) is 9. The first-order valence-corrected chi connectivity index (χ1v) is 15.4. The first-order chi connectivity index (χ1) is 16.4. The first-order valence-electron chi connectivity index (χ1n) is 11.5. The van der Waals surface area contributed by atoms with Crippen LogP contribution in [0.3, 0.4) is 0 Å². The molecule has 2 atom stereocenters. The van der Waals surface area contributed by atoms with Crippen LogP contribution in [0.1, 0.15) is 39.2 Å². The summed E-state index contributed by atoms with van der Waals surface area (Å²) in [7, 11) is 3.27. The molecule has 2 N–H and O–H groups in total. The van der Waals surface area contributed by atoms with Gasteiger partial charge in [-0.25, -0.2) is 4.79 Å². The number of thioether (sulfide) groups is 1. The number of carbonyl (C=O) groups is 3. The SMILES string of the molecule is CCCOC(=O)C(NC(=O)C(CSSCNCCCSC)Cc1ccccc1)OC(=O)C(C)C. The van der Waals surface area contributed by atoms with Crippen LogP contribution in [0.25, 0.3) is 0 Å². The molecular formula is C24H38N2O5S3. The molecule has 0 aliphatic carbocycles. The summed E-state index contributed by atoms with van der Waals surface area (Å²) in [5, 5.41) is 5.99. The number of rotatable bonds is 18. The fourth-order valence-corrected chi connectivity index (χ4v) is 5.22. The Balaban J connectivity index is 2.76. The Morgan fingerprint density at radius 2 is 1.79 bits per heavy atom. The second-order valence-corrected chi connectivity index (χ2v) is 11.4. The lowest BCUT2D eigenvalue weighted by Gasteiger charge is -2.22. The minimum absolute atomic E-state index is 0.189. The summed E-state index contributed by atoms with van der Waals surface area (Å²) in [6.45, 7) is 6.35. The van der Waals surface area contributed by atoms with Gasteiger partial charge in [-0.1, -0.05) is 72.7 Å². The van der Waals surface area contributed by atoms with Crippen molar-refractivity contribution in [3.05, 3.63) is 35.9 Å². The van der Waals surface area contributed by atoms with Crippen molar-refractivity contribution in [3.63, 3.8) is 0 Å². The van der Waals surface area contributed by atoms with Gasteiger partial charge in [-0.3, -0.25) is 9.59 Å². The molecule has 192 valence electrons. The van der Waals surface area contributed by atoms with Crippen molar-refractivity contribution in [1.29, 1.82) is 0 Å². The maximum Gasteiger partial charge on any atom is 0.369 e. The molecule has 34 heavy (non-hydrogen) atoms. The second kappa shape index (κ2) is 18.9. The van der Waals surface area contributed by atoms with Gasteiger partial charge in [-0.2, -0.15) is 11.8 Å². The summed E-state index contributed by atoms with van der Waals surface area (Å²) >= 11 is 1.83. The van der Waals surface area contributed by atoms with Gasteiger partial charge in [-0.15, -0.1) is 0 Å². The summed E-state index contributed by atoms with van der Waals surface area (Å²) in [4.78, 5) is 37.7. The number of hydrogen-bond donors (Lipinski definition) is 2. The lowest BCUT2D eigenvalue weighted by Crippen LogP contribution is -2.48. The quantitative estimate of drug-likeness (QED) is 0.126. The zero-order chi connectivity index (χ0) is 25.2. The van der Waals surface area contributed by atoms with Crippen LogP contribution >= 0.6 is 33.3 Å². The molecule has 1 amide bonds. The minimum atomic E-state index is -1.46. The molecule has 2 unspecified atom stereocenters. The van der Waals surface area contributed by atoms with E-state index in [1.807, 2.05) is 49.0 Å². The molecule has 1 rings (SSSR count). The van der Waals surface area contributed by atoms with E-state index in [4.69, 9.17) is 9.47 Å². The molecule has 0 aliphatic rings. The van der Waals surface area contributed by atoms with Gasteiger partial charge < -0.3 is 20.1 Å². The van der Waals surface area contributed by atoms with Crippen LogP contribution in [0.5, 0.6) is 0 Å². The van der Waals surface area contributed by atoms with Crippen LogP contribution in [-0.4, -0.2) is 60.9 Å². The molecule has 0 fully saturated rings. The van der Waals surface area contributed by atoms with Crippen LogP contribution in [-0.2, 0) is 30.3 Å².